The van der Waals surface area contributed by atoms with Gasteiger partial charge in [0.05, 0.1) is 6.26 Å². The minimum absolute atomic E-state index is 0.000651. The Labute approximate surface area is 182 Å². The highest BCUT2D eigenvalue weighted by atomic mass is 16.3. The van der Waals surface area contributed by atoms with Crippen molar-refractivity contribution in [2.45, 2.75) is 43.7 Å². The number of amides is 2. The maximum absolute atomic E-state index is 13.4. The first-order valence-corrected chi connectivity index (χ1v) is 10.9. The molecule has 5 rings (SSSR count). The smallest absolute Gasteiger partial charge is 0.290 e. The van der Waals surface area contributed by atoms with Gasteiger partial charge in [-0.05, 0) is 41.7 Å². The largest absolute Gasteiger partial charge is 0.459 e. The van der Waals surface area contributed by atoms with Crippen LogP contribution in [0.1, 0.15) is 46.5 Å². The Bertz CT molecular complexity index is 1070. The summed E-state index contributed by atoms with van der Waals surface area (Å²) in [4.78, 5) is 28.1. The molecule has 1 fully saturated rings. The van der Waals surface area contributed by atoms with E-state index in [0.717, 1.165) is 24.0 Å². The van der Waals surface area contributed by atoms with Gasteiger partial charge < -0.3 is 14.6 Å². The van der Waals surface area contributed by atoms with E-state index in [1.807, 2.05) is 30.3 Å². The zero-order valence-electron chi connectivity index (χ0n) is 17.4. The SMILES string of the molecule is O=C(NCC1(c2ccccc2)CCC1)C1Cc2ccccc2CN1C(=O)c1ccco1. The minimum Gasteiger partial charge on any atom is -0.459 e. The molecule has 2 aromatic carbocycles. The standard InChI is InChI=1S/C26H26N2O3/c29-24(27-18-26(13-7-14-26)21-10-2-1-3-11-21)22-16-19-8-4-5-9-20(19)17-28(22)25(30)23-12-6-15-31-23/h1-6,8-12,15,22H,7,13-14,16-18H2,(H,27,29). The van der Waals surface area contributed by atoms with E-state index in [1.54, 1.807) is 17.0 Å². The van der Waals surface area contributed by atoms with Gasteiger partial charge in [0.2, 0.25) is 5.91 Å². The Kier molecular flexibility index (Phi) is 5.10. The van der Waals surface area contributed by atoms with Crippen LogP contribution >= 0.6 is 0 Å². The van der Waals surface area contributed by atoms with Gasteiger partial charge in [-0.3, -0.25) is 9.59 Å². The number of carbonyl (C=O) groups is 2. The van der Waals surface area contributed by atoms with Gasteiger partial charge in [0, 0.05) is 24.9 Å². The molecule has 1 aliphatic carbocycles. The van der Waals surface area contributed by atoms with Crippen LogP contribution in [0.2, 0.25) is 0 Å². The third-order valence-corrected chi connectivity index (χ3v) is 6.84. The number of hydrogen-bond donors (Lipinski definition) is 1. The second kappa shape index (κ2) is 8.06. The van der Waals surface area contributed by atoms with Gasteiger partial charge in [0.1, 0.15) is 6.04 Å². The van der Waals surface area contributed by atoms with Crippen LogP contribution in [0.25, 0.3) is 0 Å². The van der Waals surface area contributed by atoms with E-state index in [9.17, 15) is 9.59 Å². The lowest BCUT2D eigenvalue weighted by Gasteiger charge is -2.43. The maximum Gasteiger partial charge on any atom is 0.290 e. The predicted molar refractivity (Wildman–Crippen MR) is 117 cm³/mol. The van der Waals surface area contributed by atoms with Gasteiger partial charge >= 0.3 is 0 Å². The van der Waals surface area contributed by atoms with Crippen LogP contribution in [-0.2, 0) is 23.2 Å². The Morgan fingerprint density at radius 3 is 2.39 bits per heavy atom. The zero-order chi connectivity index (χ0) is 21.3. The number of rotatable bonds is 5. The lowest BCUT2D eigenvalue weighted by atomic mass is 9.64. The molecule has 1 saturated carbocycles. The first-order chi connectivity index (χ1) is 15.2. The summed E-state index contributed by atoms with van der Waals surface area (Å²) in [5, 5.41) is 3.19. The Morgan fingerprint density at radius 1 is 0.968 bits per heavy atom. The third kappa shape index (κ3) is 3.65. The minimum atomic E-state index is -0.555. The number of nitrogens with zero attached hydrogens (tertiary/aromatic N) is 1. The number of hydrogen-bond acceptors (Lipinski definition) is 3. The van der Waals surface area contributed by atoms with Crippen molar-refractivity contribution in [3.05, 3.63) is 95.4 Å². The molecule has 1 aromatic heterocycles. The first kappa shape index (κ1) is 19.6. The van der Waals surface area contributed by atoms with Crippen molar-refractivity contribution >= 4 is 11.8 Å². The van der Waals surface area contributed by atoms with Crippen molar-refractivity contribution in [3.63, 3.8) is 0 Å². The highest BCUT2D eigenvalue weighted by Gasteiger charge is 2.41. The Balaban J connectivity index is 1.37. The van der Waals surface area contributed by atoms with Crippen molar-refractivity contribution in [2.24, 2.45) is 0 Å². The van der Waals surface area contributed by atoms with Gasteiger partial charge in [0.25, 0.3) is 5.91 Å². The number of nitrogens with one attached hydrogen (secondary N) is 1. The van der Waals surface area contributed by atoms with Crippen LogP contribution in [0.15, 0.2) is 77.4 Å². The van der Waals surface area contributed by atoms with E-state index in [0.29, 0.717) is 19.5 Å². The van der Waals surface area contributed by atoms with E-state index in [1.165, 1.54) is 18.2 Å². The highest BCUT2D eigenvalue weighted by Crippen LogP contribution is 2.43. The van der Waals surface area contributed by atoms with Crippen LogP contribution in [-0.4, -0.2) is 29.3 Å². The van der Waals surface area contributed by atoms with Crippen molar-refractivity contribution in [1.29, 1.82) is 0 Å². The summed E-state index contributed by atoms with van der Waals surface area (Å²) >= 11 is 0. The predicted octanol–water partition coefficient (Wildman–Crippen LogP) is 4.08. The van der Waals surface area contributed by atoms with Crippen LogP contribution in [0.4, 0.5) is 0 Å². The Morgan fingerprint density at radius 2 is 1.71 bits per heavy atom. The summed E-state index contributed by atoms with van der Waals surface area (Å²) in [6.45, 7) is 0.994. The summed E-state index contributed by atoms with van der Waals surface area (Å²) in [6, 6.07) is 21.2. The maximum atomic E-state index is 13.4. The van der Waals surface area contributed by atoms with Crippen LogP contribution in [0, 0.1) is 0 Å². The van der Waals surface area contributed by atoms with Gasteiger partial charge in [-0.25, -0.2) is 0 Å². The van der Waals surface area contributed by atoms with Gasteiger partial charge in [-0.2, -0.15) is 0 Å². The molecule has 0 saturated heterocycles. The highest BCUT2D eigenvalue weighted by molar-refractivity contribution is 5.96. The van der Waals surface area contributed by atoms with Crippen molar-refractivity contribution in [3.8, 4) is 0 Å². The second-order valence-electron chi connectivity index (χ2n) is 8.62. The van der Waals surface area contributed by atoms with Crippen molar-refractivity contribution < 1.29 is 14.0 Å². The average molecular weight is 415 g/mol. The van der Waals surface area contributed by atoms with E-state index in [-0.39, 0.29) is 23.0 Å². The molecule has 0 radical (unpaired) electrons. The molecular weight excluding hydrogens is 388 g/mol. The lowest BCUT2D eigenvalue weighted by molar-refractivity contribution is -0.126. The lowest BCUT2D eigenvalue weighted by Crippen LogP contribution is -2.55. The molecular formula is C26H26N2O3. The molecule has 0 spiro atoms. The van der Waals surface area contributed by atoms with E-state index in [4.69, 9.17) is 4.42 Å². The molecule has 1 unspecified atom stereocenters. The molecule has 0 bridgehead atoms. The average Bonchev–Trinajstić information content (AvgIpc) is 3.32. The van der Waals surface area contributed by atoms with Crippen LogP contribution in [0.5, 0.6) is 0 Å². The summed E-state index contributed by atoms with van der Waals surface area (Å²) in [5.41, 5.74) is 3.47. The fourth-order valence-electron chi connectivity index (χ4n) is 4.85. The first-order valence-electron chi connectivity index (χ1n) is 10.9. The monoisotopic (exact) mass is 414 g/mol. The molecule has 1 atom stereocenters. The van der Waals surface area contributed by atoms with E-state index in [2.05, 4.69) is 29.6 Å². The fraction of sp³-hybridized carbons (Fsp3) is 0.308. The molecule has 5 heteroatoms. The molecule has 2 heterocycles. The summed E-state index contributed by atoms with van der Waals surface area (Å²) < 4.78 is 5.34. The normalized spacial score (nSPS) is 19.2. The molecule has 2 amide bonds. The van der Waals surface area contributed by atoms with Crippen molar-refractivity contribution in [2.75, 3.05) is 6.54 Å². The summed E-state index contributed by atoms with van der Waals surface area (Å²) in [5.74, 6) is -0.0883. The number of benzene rings is 2. The van der Waals surface area contributed by atoms with Crippen molar-refractivity contribution in [1.82, 2.24) is 10.2 Å². The summed E-state index contributed by atoms with van der Waals surface area (Å²) in [6.07, 6.45) is 5.30. The fourth-order valence-corrected chi connectivity index (χ4v) is 4.85. The van der Waals surface area contributed by atoms with Crippen LogP contribution in [0.3, 0.4) is 0 Å². The zero-order valence-corrected chi connectivity index (χ0v) is 17.4. The Hall–Kier alpha value is -3.34. The molecule has 3 aromatic rings. The van der Waals surface area contributed by atoms with Gasteiger partial charge in [0.15, 0.2) is 5.76 Å². The molecule has 1 aliphatic heterocycles. The number of fused-ring (bicyclic) bond motifs is 1. The van der Waals surface area contributed by atoms with Gasteiger partial charge in [-0.1, -0.05) is 61.0 Å². The molecule has 158 valence electrons. The molecule has 31 heavy (non-hydrogen) atoms. The van der Waals surface area contributed by atoms with E-state index >= 15 is 0 Å². The number of carbonyl (C=O) groups excluding carboxylic acids is 2. The van der Waals surface area contributed by atoms with Gasteiger partial charge in [-0.15, -0.1) is 0 Å². The quantitative estimate of drug-likeness (QED) is 0.684. The number of furan rings is 1. The topological polar surface area (TPSA) is 62.6 Å². The summed E-state index contributed by atoms with van der Waals surface area (Å²) in [7, 11) is 0. The molecule has 2 aliphatic rings. The third-order valence-electron chi connectivity index (χ3n) is 6.84. The van der Waals surface area contributed by atoms with E-state index < -0.39 is 6.04 Å². The molecule has 5 nitrogen and oxygen atoms in total. The van der Waals surface area contributed by atoms with Crippen LogP contribution < -0.4 is 5.32 Å². The second-order valence-corrected chi connectivity index (χ2v) is 8.62. The molecule has 1 N–H and O–H groups in total.